The van der Waals surface area contributed by atoms with Crippen LogP contribution in [0.25, 0.3) is 16.9 Å². The maximum Gasteiger partial charge on any atom is 0.296 e. The lowest BCUT2D eigenvalue weighted by Gasteiger charge is -2.36. The van der Waals surface area contributed by atoms with E-state index in [2.05, 4.69) is 25.6 Å². The van der Waals surface area contributed by atoms with Gasteiger partial charge >= 0.3 is 0 Å². The second-order valence-corrected chi connectivity index (χ2v) is 9.30. The molecule has 0 bridgehead atoms. The highest BCUT2D eigenvalue weighted by Crippen LogP contribution is 2.30. The SMILES string of the molecule is O=C(NC1CC(Nc2cc(-n3c(C(F)F)nc4ccccc43)nc(N3CCOCC3)n2)C1)c1ccccn1. The lowest BCUT2D eigenvalue weighted by atomic mass is 9.86. The van der Waals surface area contributed by atoms with E-state index in [9.17, 15) is 13.6 Å². The number of pyridine rings is 1. The summed E-state index contributed by atoms with van der Waals surface area (Å²) in [7, 11) is 0. The van der Waals surface area contributed by atoms with Crippen LogP contribution in [-0.2, 0) is 4.74 Å². The molecule has 4 heterocycles. The normalized spacial score (nSPS) is 19.4. The van der Waals surface area contributed by atoms with E-state index in [1.165, 1.54) is 4.57 Å². The number of halogens is 2. The van der Waals surface area contributed by atoms with Gasteiger partial charge in [0, 0.05) is 37.4 Å². The summed E-state index contributed by atoms with van der Waals surface area (Å²) in [6, 6.07) is 13.9. The van der Waals surface area contributed by atoms with Crippen molar-refractivity contribution in [2.24, 2.45) is 0 Å². The minimum absolute atomic E-state index is 0.00468. The molecule has 0 unspecified atom stereocenters. The third kappa shape index (κ3) is 4.86. The number of nitrogens with zero attached hydrogens (tertiary/aromatic N) is 6. The number of imidazole rings is 1. The first-order valence-electron chi connectivity index (χ1n) is 12.5. The highest BCUT2D eigenvalue weighted by molar-refractivity contribution is 5.92. The van der Waals surface area contributed by atoms with Crippen molar-refractivity contribution >= 4 is 28.7 Å². The Morgan fingerprint density at radius 3 is 2.55 bits per heavy atom. The fourth-order valence-corrected chi connectivity index (χ4v) is 4.77. The number of para-hydroxylation sites is 2. The predicted octanol–water partition coefficient (Wildman–Crippen LogP) is 3.36. The number of aromatic nitrogens is 5. The third-order valence-electron chi connectivity index (χ3n) is 6.73. The Morgan fingerprint density at radius 2 is 1.79 bits per heavy atom. The molecule has 38 heavy (non-hydrogen) atoms. The van der Waals surface area contributed by atoms with E-state index in [1.807, 2.05) is 4.90 Å². The highest BCUT2D eigenvalue weighted by atomic mass is 19.3. The summed E-state index contributed by atoms with van der Waals surface area (Å²) < 4.78 is 34.9. The Kier molecular flexibility index (Phi) is 6.54. The van der Waals surface area contributed by atoms with Gasteiger partial charge in [0.25, 0.3) is 12.3 Å². The molecule has 2 N–H and O–H groups in total. The Labute approximate surface area is 217 Å². The average Bonchev–Trinajstić information content (AvgIpc) is 3.33. The molecule has 0 atom stereocenters. The van der Waals surface area contributed by atoms with Crippen LogP contribution < -0.4 is 15.5 Å². The number of morpholine rings is 1. The molecule has 1 saturated heterocycles. The predicted molar refractivity (Wildman–Crippen MR) is 137 cm³/mol. The molecule has 1 aliphatic carbocycles. The first-order valence-corrected chi connectivity index (χ1v) is 12.5. The van der Waals surface area contributed by atoms with Crippen LogP contribution in [0.5, 0.6) is 0 Å². The molecule has 4 aromatic rings. The Bertz CT molecular complexity index is 1440. The van der Waals surface area contributed by atoms with Crippen LogP contribution >= 0.6 is 0 Å². The van der Waals surface area contributed by atoms with Crippen molar-refractivity contribution in [1.29, 1.82) is 0 Å². The Hall–Kier alpha value is -4.19. The molecule has 196 valence electrons. The van der Waals surface area contributed by atoms with Gasteiger partial charge in [-0.1, -0.05) is 18.2 Å². The number of ether oxygens (including phenoxy) is 1. The molecule has 2 aliphatic rings. The van der Waals surface area contributed by atoms with Crippen LogP contribution in [0, 0.1) is 0 Å². The van der Waals surface area contributed by atoms with Gasteiger partial charge in [0.1, 0.15) is 17.3 Å². The van der Waals surface area contributed by atoms with Crippen molar-refractivity contribution < 1.29 is 18.3 Å². The van der Waals surface area contributed by atoms with Crippen molar-refractivity contribution in [1.82, 2.24) is 29.8 Å². The average molecular weight is 521 g/mol. The molecule has 3 aromatic heterocycles. The number of amides is 1. The zero-order chi connectivity index (χ0) is 26.1. The van der Waals surface area contributed by atoms with Crippen molar-refractivity contribution in [3.05, 3.63) is 66.2 Å². The van der Waals surface area contributed by atoms with Gasteiger partial charge < -0.3 is 20.3 Å². The van der Waals surface area contributed by atoms with Gasteiger partial charge in [-0.3, -0.25) is 14.3 Å². The van der Waals surface area contributed by atoms with E-state index < -0.39 is 6.43 Å². The van der Waals surface area contributed by atoms with Crippen LogP contribution in [0.1, 0.15) is 35.6 Å². The van der Waals surface area contributed by atoms with Crippen molar-refractivity contribution in [2.45, 2.75) is 31.4 Å². The number of fused-ring (bicyclic) bond motifs is 1. The lowest BCUT2D eigenvalue weighted by Crippen LogP contribution is -2.50. The molecule has 1 amide bonds. The number of hydrogen-bond acceptors (Lipinski definition) is 8. The second kappa shape index (κ2) is 10.3. The van der Waals surface area contributed by atoms with Crippen molar-refractivity contribution in [3.63, 3.8) is 0 Å². The van der Waals surface area contributed by atoms with Gasteiger partial charge in [-0.05, 0) is 37.1 Å². The molecule has 1 aromatic carbocycles. The maximum absolute atomic E-state index is 14.0. The molecule has 10 nitrogen and oxygen atoms in total. The van der Waals surface area contributed by atoms with Gasteiger partial charge in [-0.25, -0.2) is 13.8 Å². The van der Waals surface area contributed by atoms with Crippen LogP contribution in [0.2, 0.25) is 0 Å². The number of nitrogens with one attached hydrogen (secondary N) is 2. The van der Waals surface area contributed by atoms with E-state index in [1.54, 1.807) is 54.7 Å². The van der Waals surface area contributed by atoms with E-state index in [0.717, 1.165) is 0 Å². The first-order chi connectivity index (χ1) is 18.5. The molecule has 2 fully saturated rings. The maximum atomic E-state index is 14.0. The summed E-state index contributed by atoms with van der Waals surface area (Å²) >= 11 is 0. The highest BCUT2D eigenvalue weighted by Gasteiger charge is 2.32. The van der Waals surface area contributed by atoms with Gasteiger partial charge in [-0.2, -0.15) is 9.97 Å². The summed E-state index contributed by atoms with van der Waals surface area (Å²) in [4.78, 5) is 32.0. The number of carbonyl (C=O) groups is 1. The van der Waals surface area contributed by atoms with Crippen LogP contribution in [0.15, 0.2) is 54.7 Å². The zero-order valence-electron chi connectivity index (χ0n) is 20.4. The molecule has 1 aliphatic heterocycles. The Balaban J connectivity index is 1.26. The number of benzene rings is 1. The van der Waals surface area contributed by atoms with Gasteiger partial charge in [0.05, 0.1) is 24.2 Å². The first kappa shape index (κ1) is 24.2. The number of anilines is 2. The Morgan fingerprint density at radius 1 is 1.00 bits per heavy atom. The topological polar surface area (TPSA) is 110 Å². The molecular formula is C26H26F2N8O2. The molecule has 12 heteroatoms. The largest absolute Gasteiger partial charge is 0.378 e. The minimum Gasteiger partial charge on any atom is -0.378 e. The third-order valence-corrected chi connectivity index (χ3v) is 6.73. The fraction of sp³-hybridized carbons (Fsp3) is 0.346. The standard InChI is InChI=1S/C26H26F2N8O2/c27-23(28)24-32-18-5-1-2-7-20(18)36(24)22-15-21(33-26(34-22)35-9-11-38-12-10-35)30-16-13-17(14-16)31-25(37)19-6-3-4-8-29-19/h1-8,15-17,23H,9-14H2,(H,31,37)(H,30,33,34). The summed E-state index contributed by atoms with van der Waals surface area (Å²) in [5.74, 6) is 0.691. The lowest BCUT2D eigenvalue weighted by molar-refractivity contribution is 0.0907. The van der Waals surface area contributed by atoms with Crippen LogP contribution in [0.3, 0.4) is 0 Å². The van der Waals surface area contributed by atoms with Crippen LogP contribution in [0.4, 0.5) is 20.5 Å². The van der Waals surface area contributed by atoms with Gasteiger partial charge in [0.2, 0.25) is 5.95 Å². The minimum atomic E-state index is -2.78. The molecule has 6 rings (SSSR count). The molecular weight excluding hydrogens is 494 g/mol. The van der Waals surface area contributed by atoms with Crippen molar-refractivity contribution in [2.75, 3.05) is 36.5 Å². The number of hydrogen-bond donors (Lipinski definition) is 2. The summed E-state index contributed by atoms with van der Waals surface area (Å²) in [5, 5.41) is 6.40. The van der Waals surface area contributed by atoms with E-state index in [0.29, 0.717) is 73.5 Å². The van der Waals surface area contributed by atoms with E-state index >= 15 is 0 Å². The zero-order valence-corrected chi connectivity index (χ0v) is 20.4. The van der Waals surface area contributed by atoms with Gasteiger partial charge in [-0.15, -0.1) is 0 Å². The summed E-state index contributed by atoms with van der Waals surface area (Å²) in [6.07, 6.45) is 0.194. The number of carbonyl (C=O) groups excluding carboxylic acids is 1. The van der Waals surface area contributed by atoms with Gasteiger partial charge in [0.15, 0.2) is 5.82 Å². The quantitative estimate of drug-likeness (QED) is 0.382. The number of rotatable bonds is 7. The van der Waals surface area contributed by atoms with Crippen molar-refractivity contribution in [3.8, 4) is 5.82 Å². The second-order valence-electron chi connectivity index (χ2n) is 9.30. The summed E-state index contributed by atoms with van der Waals surface area (Å²) in [6.45, 7) is 2.26. The smallest absolute Gasteiger partial charge is 0.296 e. The summed E-state index contributed by atoms with van der Waals surface area (Å²) in [5.41, 5.74) is 1.39. The monoisotopic (exact) mass is 520 g/mol. The molecule has 0 radical (unpaired) electrons. The molecule has 1 saturated carbocycles. The van der Waals surface area contributed by atoms with Crippen LogP contribution in [-0.4, -0.2) is 68.8 Å². The van der Waals surface area contributed by atoms with E-state index in [-0.39, 0.29) is 23.8 Å². The number of alkyl halides is 2. The van der Waals surface area contributed by atoms with E-state index in [4.69, 9.17) is 9.72 Å². The fourth-order valence-electron chi connectivity index (χ4n) is 4.77. The molecule has 0 spiro atoms.